The monoisotopic (exact) mass is 251 g/mol. The predicted octanol–water partition coefficient (Wildman–Crippen LogP) is 1.19. The summed E-state index contributed by atoms with van der Waals surface area (Å²) in [5.74, 6) is 1.24. The van der Waals surface area contributed by atoms with Crippen molar-refractivity contribution in [1.82, 2.24) is 0 Å². The maximum atomic E-state index is 11.9. The fraction of sp³-hybridized carbons (Fsp3) is 0.462. The van der Waals surface area contributed by atoms with Crippen molar-refractivity contribution in [3.8, 4) is 11.5 Å². The predicted molar refractivity (Wildman–Crippen MR) is 67.1 cm³/mol. The Morgan fingerprint density at radius 2 is 2.11 bits per heavy atom. The van der Waals surface area contributed by atoms with Gasteiger partial charge >= 0.3 is 0 Å². The lowest BCUT2D eigenvalue weighted by Gasteiger charge is -2.31. The van der Waals surface area contributed by atoms with E-state index in [2.05, 4.69) is 0 Å². The van der Waals surface area contributed by atoms with Gasteiger partial charge in [-0.2, -0.15) is 0 Å². The molecule has 0 aromatic heterocycles. The van der Waals surface area contributed by atoms with Crippen LogP contribution in [0, 0.1) is 0 Å². The molecule has 0 spiro atoms. The molecule has 2 rings (SSSR count). The number of β-amino-alcohol motifs (C(OH)–C–C–N with tert-alkyl or cyclic N) is 1. The Hall–Kier alpha value is -1.75. The number of aliphatic hydroxyl groups excluding tert-OH is 1. The van der Waals surface area contributed by atoms with Gasteiger partial charge in [-0.1, -0.05) is 0 Å². The summed E-state index contributed by atoms with van der Waals surface area (Å²) in [4.78, 5) is 13.5. The third kappa shape index (κ3) is 2.41. The number of benzene rings is 1. The molecule has 1 heterocycles. The fourth-order valence-electron chi connectivity index (χ4n) is 2.07. The average molecular weight is 251 g/mol. The van der Waals surface area contributed by atoms with Gasteiger partial charge < -0.3 is 19.5 Å². The number of hydrogen-bond donors (Lipinski definition) is 1. The molecule has 1 atom stereocenters. The van der Waals surface area contributed by atoms with Crippen LogP contribution in [0.5, 0.6) is 11.5 Å². The molecule has 5 nitrogen and oxygen atoms in total. The van der Waals surface area contributed by atoms with Crippen LogP contribution in [0.1, 0.15) is 12.8 Å². The van der Waals surface area contributed by atoms with Crippen molar-refractivity contribution in [3.63, 3.8) is 0 Å². The Morgan fingerprint density at radius 3 is 2.78 bits per heavy atom. The Balaban J connectivity index is 2.34. The molecule has 5 heteroatoms. The van der Waals surface area contributed by atoms with Gasteiger partial charge in [-0.25, -0.2) is 0 Å². The lowest BCUT2D eigenvalue weighted by atomic mass is 10.1. The van der Waals surface area contributed by atoms with Gasteiger partial charge in [0.15, 0.2) is 0 Å². The van der Waals surface area contributed by atoms with E-state index in [0.717, 1.165) is 0 Å². The van der Waals surface area contributed by atoms with E-state index in [1.165, 1.54) is 0 Å². The first-order valence-corrected chi connectivity index (χ1v) is 5.86. The summed E-state index contributed by atoms with van der Waals surface area (Å²) in [5, 5.41) is 9.66. The zero-order chi connectivity index (χ0) is 13.1. The number of carbonyl (C=O) groups is 1. The summed E-state index contributed by atoms with van der Waals surface area (Å²) < 4.78 is 10.4. The molecule has 0 aliphatic carbocycles. The number of nitrogens with zero attached hydrogens (tertiary/aromatic N) is 1. The summed E-state index contributed by atoms with van der Waals surface area (Å²) in [7, 11) is 3.12. The molecular formula is C13H17NO4. The van der Waals surface area contributed by atoms with Gasteiger partial charge in [0.1, 0.15) is 11.5 Å². The highest BCUT2D eigenvalue weighted by Gasteiger charge is 2.27. The van der Waals surface area contributed by atoms with Crippen LogP contribution in [0.3, 0.4) is 0 Å². The Kier molecular flexibility index (Phi) is 3.72. The molecule has 18 heavy (non-hydrogen) atoms. The summed E-state index contributed by atoms with van der Waals surface area (Å²) >= 11 is 0. The molecule has 98 valence electrons. The number of aliphatic hydroxyl groups is 1. The van der Waals surface area contributed by atoms with Crippen molar-refractivity contribution >= 4 is 11.6 Å². The highest BCUT2D eigenvalue weighted by molar-refractivity contribution is 5.95. The van der Waals surface area contributed by atoms with Gasteiger partial charge in [0.05, 0.1) is 32.6 Å². The second-order valence-electron chi connectivity index (χ2n) is 4.23. The number of methoxy groups -OCH3 is 2. The van der Waals surface area contributed by atoms with Gasteiger partial charge in [0, 0.05) is 12.5 Å². The number of amides is 1. The number of ether oxygens (including phenoxy) is 2. The van der Waals surface area contributed by atoms with E-state index in [1.54, 1.807) is 37.3 Å². The van der Waals surface area contributed by atoms with Crippen molar-refractivity contribution in [2.75, 3.05) is 25.7 Å². The Bertz CT molecular complexity index is 447. The van der Waals surface area contributed by atoms with E-state index < -0.39 is 6.10 Å². The largest absolute Gasteiger partial charge is 0.497 e. The van der Waals surface area contributed by atoms with Gasteiger partial charge in [-0.15, -0.1) is 0 Å². The molecule has 1 aromatic carbocycles. The number of rotatable bonds is 3. The molecule has 0 bridgehead atoms. The second kappa shape index (κ2) is 5.27. The summed E-state index contributed by atoms with van der Waals surface area (Å²) in [6.45, 7) is 0.307. The molecule has 1 aromatic rings. The minimum Gasteiger partial charge on any atom is -0.497 e. The zero-order valence-electron chi connectivity index (χ0n) is 10.5. The normalized spacial score (nSPS) is 19.8. The SMILES string of the molecule is COc1ccc(N2CC(O)CCC2=O)c(OC)c1. The fourth-order valence-corrected chi connectivity index (χ4v) is 2.07. The Morgan fingerprint density at radius 1 is 1.33 bits per heavy atom. The molecule has 1 fully saturated rings. The molecule has 1 amide bonds. The lowest BCUT2D eigenvalue weighted by Crippen LogP contribution is -2.42. The smallest absolute Gasteiger partial charge is 0.227 e. The molecular weight excluding hydrogens is 234 g/mol. The number of anilines is 1. The van der Waals surface area contributed by atoms with E-state index in [4.69, 9.17) is 9.47 Å². The van der Waals surface area contributed by atoms with Crippen LogP contribution in [0.15, 0.2) is 18.2 Å². The first-order chi connectivity index (χ1) is 8.65. The van der Waals surface area contributed by atoms with Gasteiger partial charge in [-0.05, 0) is 18.6 Å². The van der Waals surface area contributed by atoms with E-state index in [1.807, 2.05) is 0 Å². The molecule has 1 N–H and O–H groups in total. The quantitative estimate of drug-likeness (QED) is 0.876. The number of hydrogen-bond acceptors (Lipinski definition) is 4. The van der Waals surface area contributed by atoms with Crippen LogP contribution in [-0.4, -0.2) is 37.9 Å². The van der Waals surface area contributed by atoms with E-state index in [-0.39, 0.29) is 5.91 Å². The summed E-state index contributed by atoms with van der Waals surface area (Å²) in [6.07, 6.45) is 0.402. The Labute approximate surface area is 106 Å². The van der Waals surface area contributed by atoms with Crippen LogP contribution in [-0.2, 0) is 4.79 Å². The van der Waals surface area contributed by atoms with E-state index in [0.29, 0.717) is 36.6 Å². The van der Waals surface area contributed by atoms with Crippen molar-refractivity contribution in [1.29, 1.82) is 0 Å². The van der Waals surface area contributed by atoms with Crippen LogP contribution in [0.4, 0.5) is 5.69 Å². The molecule has 1 aliphatic rings. The van der Waals surface area contributed by atoms with Gasteiger partial charge in [0.2, 0.25) is 5.91 Å². The van der Waals surface area contributed by atoms with Crippen molar-refractivity contribution < 1.29 is 19.4 Å². The first kappa shape index (κ1) is 12.7. The van der Waals surface area contributed by atoms with Crippen LogP contribution < -0.4 is 14.4 Å². The van der Waals surface area contributed by atoms with Crippen LogP contribution >= 0.6 is 0 Å². The maximum Gasteiger partial charge on any atom is 0.227 e. The maximum absolute atomic E-state index is 11.9. The van der Waals surface area contributed by atoms with Crippen molar-refractivity contribution in [3.05, 3.63) is 18.2 Å². The van der Waals surface area contributed by atoms with Crippen molar-refractivity contribution in [2.45, 2.75) is 18.9 Å². The highest BCUT2D eigenvalue weighted by Crippen LogP contribution is 2.34. The third-order valence-corrected chi connectivity index (χ3v) is 3.06. The van der Waals surface area contributed by atoms with E-state index >= 15 is 0 Å². The zero-order valence-corrected chi connectivity index (χ0v) is 10.5. The minimum atomic E-state index is -0.477. The standard InChI is InChI=1S/C13H17NO4/c1-17-10-4-5-11(12(7-10)18-2)14-8-9(15)3-6-13(14)16/h4-5,7,9,15H,3,6,8H2,1-2H3. The van der Waals surface area contributed by atoms with Crippen molar-refractivity contribution in [2.24, 2.45) is 0 Å². The second-order valence-corrected chi connectivity index (χ2v) is 4.23. The summed E-state index contributed by atoms with van der Waals surface area (Å²) in [5.41, 5.74) is 0.669. The van der Waals surface area contributed by atoms with Crippen LogP contribution in [0.25, 0.3) is 0 Å². The lowest BCUT2D eigenvalue weighted by molar-refractivity contribution is -0.121. The van der Waals surface area contributed by atoms with E-state index in [9.17, 15) is 9.90 Å². The molecule has 1 saturated heterocycles. The topological polar surface area (TPSA) is 59.0 Å². The number of carbonyl (C=O) groups excluding carboxylic acids is 1. The molecule has 0 saturated carbocycles. The highest BCUT2D eigenvalue weighted by atomic mass is 16.5. The first-order valence-electron chi connectivity index (χ1n) is 5.86. The average Bonchev–Trinajstić information content (AvgIpc) is 2.41. The third-order valence-electron chi connectivity index (χ3n) is 3.06. The number of piperidine rings is 1. The van der Waals surface area contributed by atoms with Gasteiger partial charge in [-0.3, -0.25) is 4.79 Å². The summed E-state index contributed by atoms with van der Waals surface area (Å²) in [6, 6.07) is 5.27. The minimum absolute atomic E-state index is 0.00349. The molecule has 1 aliphatic heterocycles. The molecule has 0 radical (unpaired) electrons. The molecule has 1 unspecified atom stereocenters. The van der Waals surface area contributed by atoms with Crippen LogP contribution in [0.2, 0.25) is 0 Å². The van der Waals surface area contributed by atoms with Gasteiger partial charge in [0.25, 0.3) is 0 Å².